The van der Waals surface area contributed by atoms with E-state index in [1.165, 1.54) is 11.3 Å². The van der Waals surface area contributed by atoms with Crippen LogP contribution in [0.5, 0.6) is 0 Å². The van der Waals surface area contributed by atoms with Crippen LogP contribution in [-0.2, 0) is 4.79 Å². The number of H-pyrrole nitrogens is 2. The number of anilines is 1. The zero-order valence-corrected chi connectivity index (χ0v) is 22.3. The van der Waals surface area contributed by atoms with Crippen molar-refractivity contribution < 1.29 is 9.59 Å². The van der Waals surface area contributed by atoms with Gasteiger partial charge in [-0.3, -0.25) is 24.7 Å². The molecule has 39 heavy (non-hydrogen) atoms. The average Bonchev–Trinajstić information content (AvgIpc) is 3.65. The summed E-state index contributed by atoms with van der Waals surface area (Å²) in [6, 6.07) is 13.5. The number of imidazole rings is 1. The van der Waals surface area contributed by atoms with Crippen molar-refractivity contribution in [2.24, 2.45) is 0 Å². The number of para-hydroxylation sites is 1. The Morgan fingerprint density at radius 1 is 1.05 bits per heavy atom. The van der Waals surface area contributed by atoms with Gasteiger partial charge in [0.05, 0.1) is 51.7 Å². The Hall–Kier alpha value is -4.74. The maximum atomic E-state index is 12.2. The van der Waals surface area contributed by atoms with E-state index in [1.807, 2.05) is 56.6 Å². The van der Waals surface area contributed by atoms with Crippen molar-refractivity contribution in [1.82, 2.24) is 35.0 Å². The highest BCUT2D eigenvalue weighted by Gasteiger charge is 2.17. The summed E-state index contributed by atoms with van der Waals surface area (Å²) in [5.74, 6) is 0.543. The maximum Gasteiger partial charge on any atom is 0.238 e. The second-order valence-corrected chi connectivity index (χ2v) is 10.5. The molecule has 0 saturated carbocycles. The molecule has 0 fully saturated rings. The highest BCUT2D eigenvalue weighted by Crippen LogP contribution is 2.35. The van der Waals surface area contributed by atoms with Gasteiger partial charge >= 0.3 is 0 Å². The summed E-state index contributed by atoms with van der Waals surface area (Å²) in [6.45, 7) is 1.85. The molecule has 0 radical (unpaired) electrons. The highest BCUT2D eigenvalue weighted by atomic mass is 32.1. The number of rotatable bonds is 7. The SMILES string of the molecule is CC(=O)c1ccc(-c2cccc3[nH]c(-c4n[nH]c5cnc(-c6cncc(NC(=O)CN(C)C)c6)cc45)nc23)s1. The number of hydrogen-bond donors (Lipinski definition) is 3. The Morgan fingerprint density at radius 3 is 2.72 bits per heavy atom. The minimum atomic E-state index is -0.121. The Balaban J connectivity index is 1.37. The van der Waals surface area contributed by atoms with E-state index in [-0.39, 0.29) is 18.2 Å². The quantitative estimate of drug-likeness (QED) is 0.245. The summed E-state index contributed by atoms with van der Waals surface area (Å²) in [7, 11) is 3.68. The lowest BCUT2D eigenvalue weighted by atomic mass is 10.1. The molecule has 0 aliphatic heterocycles. The van der Waals surface area contributed by atoms with E-state index in [4.69, 9.17) is 4.98 Å². The van der Waals surface area contributed by atoms with Crippen LogP contribution < -0.4 is 5.32 Å². The molecule has 0 aliphatic rings. The first-order chi connectivity index (χ1) is 18.9. The van der Waals surface area contributed by atoms with Gasteiger partial charge in [0.25, 0.3) is 0 Å². The van der Waals surface area contributed by atoms with Crippen LogP contribution in [0.3, 0.4) is 0 Å². The minimum Gasteiger partial charge on any atom is -0.337 e. The number of nitrogens with one attached hydrogen (secondary N) is 3. The largest absolute Gasteiger partial charge is 0.337 e. The normalized spacial score (nSPS) is 11.5. The molecule has 0 aliphatic carbocycles. The summed E-state index contributed by atoms with van der Waals surface area (Å²) in [4.78, 5) is 44.7. The van der Waals surface area contributed by atoms with Gasteiger partial charge in [-0.2, -0.15) is 5.10 Å². The van der Waals surface area contributed by atoms with Crippen molar-refractivity contribution in [2.75, 3.05) is 26.0 Å². The number of pyridine rings is 2. The molecule has 1 aromatic carbocycles. The number of carbonyl (C=O) groups is 2. The summed E-state index contributed by atoms with van der Waals surface area (Å²) in [6.07, 6.45) is 5.04. The Morgan fingerprint density at radius 2 is 1.92 bits per heavy atom. The average molecular weight is 537 g/mol. The van der Waals surface area contributed by atoms with Crippen LogP contribution in [0.1, 0.15) is 16.6 Å². The van der Waals surface area contributed by atoms with Gasteiger partial charge in [-0.25, -0.2) is 4.98 Å². The molecule has 194 valence electrons. The third-order valence-electron chi connectivity index (χ3n) is 6.18. The van der Waals surface area contributed by atoms with E-state index in [0.29, 0.717) is 27.8 Å². The first-order valence-electron chi connectivity index (χ1n) is 12.2. The van der Waals surface area contributed by atoms with Crippen LogP contribution in [0.25, 0.3) is 55.2 Å². The van der Waals surface area contributed by atoms with E-state index in [1.54, 1.807) is 30.4 Å². The van der Waals surface area contributed by atoms with E-state index >= 15 is 0 Å². The van der Waals surface area contributed by atoms with Crippen molar-refractivity contribution in [2.45, 2.75) is 6.92 Å². The zero-order valence-electron chi connectivity index (χ0n) is 21.4. The second kappa shape index (κ2) is 9.86. The molecule has 3 N–H and O–H groups in total. The molecule has 0 spiro atoms. The molecule has 5 aromatic heterocycles. The number of aromatic amines is 2. The number of benzene rings is 1. The maximum absolute atomic E-state index is 12.2. The number of amides is 1. The molecule has 1 amide bonds. The number of thiophene rings is 1. The first-order valence-corrected chi connectivity index (χ1v) is 13.0. The zero-order chi connectivity index (χ0) is 27.1. The van der Waals surface area contributed by atoms with E-state index < -0.39 is 0 Å². The summed E-state index contributed by atoms with van der Waals surface area (Å²) in [5, 5.41) is 11.3. The third kappa shape index (κ3) is 4.80. The molecule has 10 nitrogen and oxygen atoms in total. The topological polar surface area (TPSA) is 133 Å². The Bertz CT molecular complexity index is 1870. The molecule has 0 atom stereocenters. The van der Waals surface area contributed by atoms with Gasteiger partial charge < -0.3 is 15.2 Å². The molecule has 6 aromatic rings. The van der Waals surface area contributed by atoms with Crippen LogP contribution >= 0.6 is 11.3 Å². The summed E-state index contributed by atoms with van der Waals surface area (Å²) in [5.41, 5.74) is 6.10. The smallest absolute Gasteiger partial charge is 0.238 e. The first kappa shape index (κ1) is 24.6. The number of carbonyl (C=O) groups excluding carboxylic acids is 2. The van der Waals surface area contributed by atoms with Crippen LogP contribution in [0.2, 0.25) is 0 Å². The van der Waals surface area contributed by atoms with Gasteiger partial charge in [-0.1, -0.05) is 12.1 Å². The monoisotopic (exact) mass is 536 g/mol. The van der Waals surface area contributed by atoms with Crippen LogP contribution in [-0.4, -0.2) is 67.4 Å². The van der Waals surface area contributed by atoms with Gasteiger partial charge in [0, 0.05) is 27.6 Å². The molecule has 11 heteroatoms. The molecular weight excluding hydrogens is 512 g/mol. The molecule has 6 rings (SSSR count). The van der Waals surface area contributed by atoms with Crippen molar-refractivity contribution >= 4 is 50.7 Å². The van der Waals surface area contributed by atoms with Crippen molar-refractivity contribution in [3.63, 3.8) is 0 Å². The number of nitrogens with zero attached hydrogens (tertiary/aromatic N) is 5. The predicted octanol–water partition coefficient (Wildman–Crippen LogP) is 4.99. The van der Waals surface area contributed by atoms with Crippen LogP contribution in [0.4, 0.5) is 5.69 Å². The fourth-order valence-electron chi connectivity index (χ4n) is 4.41. The number of ketones is 1. The number of aromatic nitrogens is 6. The molecule has 0 unspecified atom stereocenters. The Kier molecular flexibility index (Phi) is 6.21. The van der Waals surface area contributed by atoms with Gasteiger partial charge in [0.2, 0.25) is 5.91 Å². The highest BCUT2D eigenvalue weighted by molar-refractivity contribution is 7.17. The molecule has 0 bridgehead atoms. The molecule has 5 heterocycles. The van der Waals surface area contributed by atoms with Crippen molar-refractivity contribution in [3.8, 4) is 33.2 Å². The van der Waals surface area contributed by atoms with Gasteiger partial charge in [-0.15, -0.1) is 11.3 Å². The van der Waals surface area contributed by atoms with E-state index in [2.05, 4.69) is 30.5 Å². The number of likely N-dealkylation sites (N-methyl/N-ethyl adjacent to an activating group) is 1. The Labute approximate surface area is 227 Å². The number of Topliss-reactive ketones (excluding diaryl/α,β-unsaturated/α-hetero) is 1. The van der Waals surface area contributed by atoms with Gasteiger partial charge in [-0.05, 0) is 51.4 Å². The van der Waals surface area contributed by atoms with Crippen molar-refractivity contribution in [3.05, 3.63) is 65.9 Å². The molecular formula is C28H24N8O2S. The van der Waals surface area contributed by atoms with Crippen LogP contribution in [0.15, 0.2) is 61.1 Å². The third-order valence-corrected chi connectivity index (χ3v) is 7.40. The predicted molar refractivity (Wildman–Crippen MR) is 153 cm³/mol. The lowest BCUT2D eigenvalue weighted by Crippen LogP contribution is -2.27. The number of hydrogen-bond acceptors (Lipinski definition) is 8. The molecule has 0 saturated heterocycles. The fourth-order valence-corrected chi connectivity index (χ4v) is 5.33. The number of fused-ring (bicyclic) bond motifs is 2. The van der Waals surface area contributed by atoms with Gasteiger partial charge in [0.15, 0.2) is 11.6 Å². The van der Waals surface area contributed by atoms with Gasteiger partial charge in [0.1, 0.15) is 5.69 Å². The fraction of sp³-hybridized carbons (Fsp3) is 0.143. The summed E-state index contributed by atoms with van der Waals surface area (Å²) >= 11 is 1.46. The van der Waals surface area contributed by atoms with E-state index in [9.17, 15) is 9.59 Å². The minimum absolute atomic E-state index is 0.0465. The van der Waals surface area contributed by atoms with Crippen LogP contribution in [0, 0.1) is 0 Å². The second-order valence-electron chi connectivity index (χ2n) is 9.44. The summed E-state index contributed by atoms with van der Waals surface area (Å²) < 4.78 is 0. The lowest BCUT2D eigenvalue weighted by molar-refractivity contribution is -0.116. The lowest BCUT2D eigenvalue weighted by Gasteiger charge is -2.10. The van der Waals surface area contributed by atoms with E-state index in [0.717, 1.165) is 37.9 Å². The standard InChI is InChI=1S/C28H24N8O2S/c1-15(37)23-7-8-24(39-23)18-5-4-6-20-26(18)33-28(32-20)27-19-10-21(30-13-22(19)34-35-27)16-9-17(12-29-11-16)31-25(38)14-36(2)3/h4-13H,14H2,1-3H3,(H,31,38)(H,32,33)(H,34,35). The van der Waals surface area contributed by atoms with Crippen molar-refractivity contribution in [1.29, 1.82) is 0 Å².